The Morgan fingerprint density at radius 2 is 1.75 bits per heavy atom. The molecule has 0 saturated carbocycles. The highest BCUT2D eigenvalue weighted by Crippen LogP contribution is 2.26. The molecule has 1 atom stereocenters. The van der Waals surface area contributed by atoms with Gasteiger partial charge in [-0.15, -0.1) is 0 Å². The number of hydrogen-bond donors (Lipinski definition) is 0. The predicted molar refractivity (Wildman–Crippen MR) is 51.3 cm³/mol. The zero-order valence-electron chi connectivity index (χ0n) is 9.02. The summed E-state index contributed by atoms with van der Waals surface area (Å²) >= 11 is 0. The summed E-state index contributed by atoms with van der Waals surface area (Å²) in [5, 5.41) is 0. The minimum atomic E-state index is 0.269. The summed E-state index contributed by atoms with van der Waals surface area (Å²) in [6.45, 7) is 11.0. The first kappa shape index (κ1) is 11.9. The number of methoxy groups -OCH3 is 1. The molecule has 0 aliphatic rings. The number of rotatable bonds is 5. The summed E-state index contributed by atoms with van der Waals surface area (Å²) in [5.74, 6) is 0.488. The third-order valence-corrected chi connectivity index (χ3v) is 2.12. The molecule has 74 valence electrons. The zero-order chi connectivity index (χ0) is 9.61. The average Bonchev–Trinajstić information content (AvgIpc) is 1.95. The van der Waals surface area contributed by atoms with Crippen molar-refractivity contribution < 1.29 is 9.47 Å². The summed E-state index contributed by atoms with van der Waals surface area (Å²) in [6.07, 6.45) is 0. The average molecular weight is 174 g/mol. The third-order valence-electron chi connectivity index (χ3n) is 2.12. The lowest BCUT2D eigenvalue weighted by Crippen LogP contribution is -2.29. The van der Waals surface area contributed by atoms with Gasteiger partial charge in [0.15, 0.2) is 0 Å². The van der Waals surface area contributed by atoms with Crippen LogP contribution in [-0.4, -0.2) is 26.9 Å². The van der Waals surface area contributed by atoms with Crippen LogP contribution >= 0.6 is 0 Å². The Morgan fingerprint density at radius 3 is 2.08 bits per heavy atom. The first-order valence-electron chi connectivity index (χ1n) is 4.59. The van der Waals surface area contributed by atoms with Crippen LogP contribution in [0.3, 0.4) is 0 Å². The van der Waals surface area contributed by atoms with Gasteiger partial charge in [0.2, 0.25) is 0 Å². The molecule has 0 radical (unpaired) electrons. The van der Waals surface area contributed by atoms with Crippen molar-refractivity contribution in [1.29, 1.82) is 0 Å². The van der Waals surface area contributed by atoms with Crippen LogP contribution in [0.25, 0.3) is 0 Å². The van der Waals surface area contributed by atoms with Crippen LogP contribution in [-0.2, 0) is 9.47 Å². The van der Waals surface area contributed by atoms with Crippen molar-refractivity contribution in [2.75, 3.05) is 26.9 Å². The Bertz CT molecular complexity index is 105. The van der Waals surface area contributed by atoms with Crippen LogP contribution in [0, 0.1) is 11.3 Å². The van der Waals surface area contributed by atoms with Crippen molar-refractivity contribution in [3.63, 3.8) is 0 Å². The molecule has 12 heavy (non-hydrogen) atoms. The Balaban J connectivity index is 3.86. The van der Waals surface area contributed by atoms with E-state index in [1.807, 2.05) is 6.92 Å². The van der Waals surface area contributed by atoms with E-state index in [0.717, 1.165) is 19.8 Å². The standard InChI is InChI=1S/C10H22O2/c1-6-12-8-9(7-11-5)10(2,3)4/h9H,6-8H2,1-5H3. The highest BCUT2D eigenvalue weighted by Gasteiger charge is 2.24. The van der Waals surface area contributed by atoms with Crippen LogP contribution in [0.15, 0.2) is 0 Å². The van der Waals surface area contributed by atoms with E-state index in [1.54, 1.807) is 7.11 Å². The van der Waals surface area contributed by atoms with Gasteiger partial charge in [0.25, 0.3) is 0 Å². The van der Waals surface area contributed by atoms with Crippen molar-refractivity contribution >= 4 is 0 Å². The maximum absolute atomic E-state index is 5.39. The molecule has 2 heteroatoms. The van der Waals surface area contributed by atoms with Gasteiger partial charge in [-0.05, 0) is 12.3 Å². The lowest BCUT2D eigenvalue weighted by atomic mass is 9.82. The molecular formula is C10H22O2. The van der Waals surface area contributed by atoms with Crippen molar-refractivity contribution in [2.45, 2.75) is 27.7 Å². The van der Waals surface area contributed by atoms with Crippen LogP contribution in [0.2, 0.25) is 0 Å². The maximum Gasteiger partial charge on any atom is 0.0521 e. The second kappa shape index (κ2) is 5.55. The quantitative estimate of drug-likeness (QED) is 0.637. The fourth-order valence-corrected chi connectivity index (χ4v) is 1.01. The first-order chi connectivity index (χ1) is 5.52. The molecule has 0 spiro atoms. The van der Waals surface area contributed by atoms with Gasteiger partial charge in [-0.3, -0.25) is 0 Å². The molecule has 0 aliphatic carbocycles. The summed E-state index contributed by atoms with van der Waals surface area (Å²) in [5.41, 5.74) is 0.269. The van der Waals surface area contributed by atoms with Crippen molar-refractivity contribution in [1.82, 2.24) is 0 Å². The Morgan fingerprint density at radius 1 is 1.17 bits per heavy atom. The van der Waals surface area contributed by atoms with Gasteiger partial charge in [0.05, 0.1) is 13.2 Å². The van der Waals surface area contributed by atoms with E-state index in [2.05, 4.69) is 20.8 Å². The number of ether oxygens (including phenoxy) is 2. The van der Waals surface area contributed by atoms with Gasteiger partial charge < -0.3 is 9.47 Å². The molecule has 0 bridgehead atoms. The van der Waals surface area contributed by atoms with Gasteiger partial charge in [-0.1, -0.05) is 20.8 Å². The van der Waals surface area contributed by atoms with Gasteiger partial charge >= 0.3 is 0 Å². The second-order valence-electron chi connectivity index (χ2n) is 4.18. The smallest absolute Gasteiger partial charge is 0.0521 e. The third kappa shape index (κ3) is 4.73. The Hall–Kier alpha value is -0.0800. The van der Waals surface area contributed by atoms with Gasteiger partial charge in [-0.25, -0.2) is 0 Å². The molecule has 0 saturated heterocycles. The van der Waals surface area contributed by atoms with E-state index in [9.17, 15) is 0 Å². The minimum Gasteiger partial charge on any atom is -0.384 e. The van der Waals surface area contributed by atoms with Crippen LogP contribution in [0.4, 0.5) is 0 Å². The summed E-state index contributed by atoms with van der Waals surface area (Å²) < 4.78 is 10.5. The van der Waals surface area contributed by atoms with Gasteiger partial charge in [0, 0.05) is 19.6 Å². The SMILES string of the molecule is CCOCC(COC)C(C)(C)C. The molecule has 0 aromatic rings. The molecule has 0 fully saturated rings. The topological polar surface area (TPSA) is 18.5 Å². The molecule has 0 rings (SSSR count). The van der Waals surface area contributed by atoms with Crippen LogP contribution < -0.4 is 0 Å². The van der Waals surface area contributed by atoms with E-state index in [0.29, 0.717) is 5.92 Å². The molecule has 2 nitrogen and oxygen atoms in total. The predicted octanol–water partition coefficient (Wildman–Crippen LogP) is 2.33. The lowest BCUT2D eigenvalue weighted by molar-refractivity contribution is 0.0143. The van der Waals surface area contributed by atoms with Crippen LogP contribution in [0.5, 0.6) is 0 Å². The largest absolute Gasteiger partial charge is 0.384 e. The van der Waals surface area contributed by atoms with Crippen molar-refractivity contribution in [3.8, 4) is 0 Å². The van der Waals surface area contributed by atoms with Gasteiger partial charge in [-0.2, -0.15) is 0 Å². The van der Waals surface area contributed by atoms with E-state index >= 15 is 0 Å². The highest BCUT2D eigenvalue weighted by atomic mass is 16.5. The van der Waals surface area contributed by atoms with Crippen molar-refractivity contribution in [3.05, 3.63) is 0 Å². The fourth-order valence-electron chi connectivity index (χ4n) is 1.01. The minimum absolute atomic E-state index is 0.269. The molecule has 0 aliphatic heterocycles. The van der Waals surface area contributed by atoms with E-state index in [-0.39, 0.29) is 5.41 Å². The van der Waals surface area contributed by atoms with E-state index in [4.69, 9.17) is 9.47 Å². The normalized spacial score (nSPS) is 14.8. The van der Waals surface area contributed by atoms with Crippen molar-refractivity contribution in [2.24, 2.45) is 11.3 Å². The second-order valence-corrected chi connectivity index (χ2v) is 4.18. The summed E-state index contributed by atoms with van der Waals surface area (Å²) in [4.78, 5) is 0. The van der Waals surface area contributed by atoms with Gasteiger partial charge in [0.1, 0.15) is 0 Å². The maximum atomic E-state index is 5.39. The molecule has 0 heterocycles. The first-order valence-corrected chi connectivity index (χ1v) is 4.59. The highest BCUT2D eigenvalue weighted by molar-refractivity contribution is 4.73. The molecule has 0 aromatic carbocycles. The fraction of sp³-hybridized carbons (Fsp3) is 1.00. The molecule has 0 amide bonds. The molecule has 1 unspecified atom stereocenters. The monoisotopic (exact) mass is 174 g/mol. The summed E-state index contributed by atoms with van der Waals surface area (Å²) in [6, 6.07) is 0. The van der Waals surface area contributed by atoms with Crippen LogP contribution in [0.1, 0.15) is 27.7 Å². The molecule has 0 aromatic heterocycles. The van der Waals surface area contributed by atoms with E-state index < -0.39 is 0 Å². The van der Waals surface area contributed by atoms with E-state index in [1.165, 1.54) is 0 Å². The number of hydrogen-bond acceptors (Lipinski definition) is 2. The molecule has 0 N–H and O–H groups in total. The summed E-state index contributed by atoms with van der Waals surface area (Å²) in [7, 11) is 1.74. The lowest BCUT2D eigenvalue weighted by Gasteiger charge is -2.29. The Kier molecular flexibility index (Phi) is 5.51. The Labute approximate surface area is 76.3 Å². The molecular weight excluding hydrogens is 152 g/mol. The zero-order valence-corrected chi connectivity index (χ0v) is 9.02.